The van der Waals surface area contributed by atoms with Crippen LogP contribution < -0.4 is 5.32 Å². The Balaban J connectivity index is 1.84. The zero-order valence-corrected chi connectivity index (χ0v) is 11.3. The maximum absolute atomic E-state index is 11.0. The van der Waals surface area contributed by atoms with E-state index < -0.39 is 5.97 Å². The predicted molar refractivity (Wildman–Crippen MR) is 73.2 cm³/mol. The van der Waals surface area contributed by atoms with Crippen molar-refractivity contribution >= 4 is 11.8 Å². The fraction of sp³-hybridized carbons (Fsp3) is 0.643. The first-order valence-electron chi connectivity index (χ1n) is 6.95. The average Bonchev–Trinajstić information content (AvgIpc) is 2.39. The Hall–Kier alpha value is -1.65. The van der Waals surface area contributed by atoms with Crippen LogP contribution >= 0.6 is 0 Å². The third-order valence-corrected chi connectivity index (χ3v) is 3.84. The smallest absolute Gasteiger partial charge is 0.339 e. The van der Waals surface area contributed by atoms with Crippen molar-refractivity contribution in [2.45, 2.75) is 39.0 Å². The SMILES string of the molecule is CC1CCCC(CCNc2nnccc2C(=O)O)C1. The number of carboxylic acid groups (broad SMARTS) is 1. The molecule has 0 amide bonds. The molecular weight excluding hydrogens is 242 g/mol. The Kier molecular flexibility index (Phi) is 4.71. The number of anilines is 1. The maximum Gasteiger partial charge on any atom is 0.339 e. The van der Waals surface area contributed by atoms with E-state index in [0.717, 1.165) is 24.8 Å². The molecule has 0 aromatic carbocycles. The van der Waals surface area contributed by atoms with Gasteiger partial charge in [-0.15, -0.1) is 5.10 Å². The summed E-state index contributed by atoms with van der Waals surface area (Å²) in [6.07, 6.45) is 7.71. The van der Waals surface area contributed by atoms with Crippen molar-refractivity contribution in [3.8, 4) is 0 Å². The lowest BCUT2D eigenvalue weighted by molar-refractivity contribution is 0.0697. The van der Waals surface area contributed by atoms with E-state index in [1.54, 1.807) is 0 Å². The second kappa shape index (κ2) is 6.50. The van der Waals surface area contributed by atoms with Crippen molar-refractivity contribution in [2.75, 3.05) is 11.9 Å². The van der Waals surface area contributed by atoms with Crippen LogP contribution in [0.2, 0.25) is 0 Å². The van der Waals surface area contributed by atoms with Gasteiger partial charge >= 0.3 is 5.97 Å². The van der Waals surface area contributed by atoms with E-state index in [9.17, 15) is 4.79 Å². The van der Waals surface area contributed by atoms with Crippen LogP contribution in [0.5, 0.6) is 0 Å². The van der Waals surface area contributed by atoms with Crippen molar-refractivity contribution in [1.29, 1.82) is 0 Å². The van der Waals surface area contributed by atoms with Gasteiger partial charge in [0.25, 0.3) is 0 Å². The Morgan fingerprint density at radius 1 is 1.53 bits per heavy atom. The summed E-state index contributed by atoms with van der Waals surface area (Å²) in [5, 5.41) is 19.7. The molecule has 2 rings (SSSR count). The molecule has 1 aromatic heterocycles. The summed E-state index contributed by atoms with van der Waals surface area (Å²) in [5.74, 6) is 0.980. The van der Waals surface area contributed by atoms with Crippen LogP contribution in [0.4, 0.5) is 5.82 Å². The molecule has 2 N–H and O–H groups in total. The highest BCUT2D eigenvalue weighted by atomic mass is 16.4. The largest absolute Gasteiger partial charge is 0.478 e. The normalized spacial score (nSPS) is 23.0. The molecule has 0 bridgehead atoms. The van der Waals surface area contributed by atoms with Gasteiger partial charge in [-0.25, -0.2) is 4.79 Å². The average molecular weight is 263 g/mol. The minimum Gasteiger partial charge on any atom is -0.478 e. The highest BCUT2D eigenvalue weighted by Gasteiger charge is 2.18. The summed E-state index contributed by atoms with van der Waals surface area (Å²) in [6, 6.07) is 1.47. The number of aromatic carboxylic acids is 1. The van der Waals surface area contributed by atoms with Crippen LogP contribution in [0.15, 0.2) is 12.3 Å². The standard InChI is InChI=1S/C14H21N3O2/c1-10-3-2-4-11(9-10)5-7-15-13-12(14(18)19)6-8-16-17-13/h6,8,10-11H,2-5,7,9H2,1H3,(H,15,17)(H,18,19). The molecule has 1 heterocycles. The monoisotopic (exact) mass is 263 g/mol. The fourth-order valence-electron chi connectivity index (χ4n) is 2.85. The molecule has 19 heavy (non-hydrogen) atoms. The number of carbonyl (C=O) groups is 1. The first-order valence-corrected chi connectivity index (χ1v) is 6.95. The lowest BCUT2D eigenvalue weighted by Gasteiger charge is -2.26. The molecule has 0 radical (unpaired) electrons. The number of hydrogen-bond acceptors (Lipinski definition) is 4. The molecule has 0 spiro atoms. The van der Waals surface area contributed by atoms with Gasteiger partial charge < -0.3 is 10.4 Å². The van der Waals surface area contributed by atoms with E-state index in [1.807, 2.05) is 0 Å². The molecule has 0 saturated heterocycles. The minimum absolute atomic E-state index is 0.187. The van der Waals surface area contributed by atoms with Crippen LogP contribution in [-0.2, 0) is 0 Å². The molecule has 5 heteroatoms. The van der Waals surface area contributed by atoms with Gasteiger partial charge in [-0.3, -0.25) is 0 Å². The molecule has 1 fully saturated rings. The van der Waals surface area contributed by atoms with Gasteiger partial charge in [0.05, 0.1) is 6.20 Å². The topological polar surface area (TPSA) is 75.1 Å². The van der Waals surface area contributed by atoms with E-state index in [1.165, 1.54) is 37.9 Å². The molecule has 104 valence electrons. The zero-order chi connectivity index (χ0) is 13.7. The van der Waals surface area contributed by atoms with Crippen molar-refractivity contribution in [3.05, 3.63) is 17.8 Å². The highest BCUT2D eigenvalue weighted by molar-refractivity contribution is 5.92. The number of nitrogens with one attached hydrogen (secondary N) is 1. The van der Waals surface area contributed by atoms with Gasteiger partial charge in [0, 0.05) is 6.54 Å². The number of nitrogens with zero attached hydrogens (tertiary/aromatic N) is 2. The molecule has 2 unspecified atom stereocenters. The van der Waals surface area contributed by atoms with Crippen molar-refractivity contribution < 1.29 is 9.90 Å². The van der Waals surface area contributed by atoms with Gasteiger partial charge in [-0.05, 0) is 30.7 Å². The molecule has 2 atom stereocenters. The van der Waals surface area contributed by atoms with Gasteiger partial charge in [0.1, 0.15) is 5.56 Å². The van der Waals surface area contributed by atoms with Crippen LogP contribution in [0, 0.1) is 11.8 Å². The molecule has 5 nitrogen and oxygen atoms in total. The second-order valence-electron chi connectivity index (χ2n) is 5.45. The Labute approximate surface area is 113 Å². The number of hydrogen-bond donors (Lipinski definition) is 2. The molecule has 1 aliphatic rings. The highest BCUT2D eigenvalue weighted by Crippen LogP contribution is 2.30. The van der Waals surface area contributed by atoms with Crippen molar-refractivity contribution in [3.63, 3.8) is 0 Å². The summed E-state index contributed by atoms with van der Waals surface area (Å²) in [6.45, 7) is 3.07. The predicted octanol–water partition coefficient (Wildman–Crippen LogP) is 2.80. The summed E-state index contributed by atoms with van der Waals surface area (Å²) in [5.41, 5.74) is 0.187. The third-order valence-electron chi connectivity index (χ3n) is 3.84. The van der Waals surface area contributed by atoms with E-state index in [0.29, 0.717) is 5.82 Å². The van der Waals surface area contributed by atoms with E-state index in [2.05, 4.69) is 22.4 Å². The first-order chi connectivity index (χ1) is 9.16. The van der Waals surface area contributed by atoms with Gasteiger partial charge in [-0.1, -0.05) is 26.2 Å². The second-order valence-corrected chi connectivity index (χ2v) is 5.45. The summed E-state index contributed by atoms with van der Waals surface area (Å²) in [4.78, 5) is 11.0. The lowest BCUT2D eigenvalue weighted by atomic mass is 9.81. The molecule has 0 aliphatic heterocycles. The Morgan fingerprint density at radius 2 is 2.37 bits per heavy atom. The molecule has 1 aliphatic carbocycles. The fourth-order valence-corrected chi connectivity index (χ4v) is 2.85. The Bertz CT molecular complexity index is 436. The van der Waals surface area contributed by atoms with Crippen LogP contribution in [-0.4, -0.2) is 27.8 Å². The molecular formula is C14H21N3O2. The number of rotatable bonds is 5. The third kappa shape index (κ3) is 3.91. The Morgan fingerprint density at radius 3 is 3.11 bits per heavy atom. The van der Waals surface area contributed by atoms with Gasteiger partial charge in [0.2, 0.25) is 0 Å². The minimum atomic E-state index is -0.969. The lowest BCUT2D eigenvalue weighted by Crippen LogP contribution is -2.18. The quantitative estimate of drug-likeness (QED) is 0.854. The van der Waals surface area contributed by atoms with E-state index >= 15 is 0 Å². The van der Waals surface area contributed by atoms with Gasteiger partial charge in [0.15, 0.2) is 5.82 Å². The van der Waals surface area contributed by atoms with Gasteiger partial charge in [-0.2, -0.15) is 5.10 Å². The molecule has 1 aromatic rings. The van der Waals surface area contributed by atoms with Crippen LogP contribution in [0.25, 0.3) is 0 Å². The van der Waals surface area contributed by atoms with E-state index in [4.69, 9.17) is 5.11 Å². The zero-order valence-electron chi connectivity index (χ0n) is 11.3. The van der Waals surface area contributed by atoms with E-state index in [-0.39, 0.29) is 5.56 Å². The van der Waals surface area contributed by atoms with Crippen LogP contribution in [0.3, 0.4) is 0 Å². The summed E-state index contributed by atoms with van der Waals surface area (Å²) >= 11 is 0. The summed E-state index contributed by atoms with van der Waals surface area (Å²) < 4.78 is 0. The van der Waals surface area contributed by atoms with Crippen LogP contribution in [0.1, 0.15) is 49.4 Å². The number of aromatic nitrogens is 2. The summed E-state index contributed by atoms with van der Waals surface area (Å²) in [7, 11) is 0. The molecule has 1 saturated carbocycles. The van der Waals surface area contributed by atoms with Crippen molar-refractivity contribution in [2.24, 2.45) is 11.8 Å². The first kappa shape index (κ1) is 13.8. The maximum atomic E-state index is 11.0. The number of carboxylic acids is 1. The van der Waals surface area contributed by atoms with Crippen molar-refractivity contribution in [1.82, 2.24) is 10.2 Å².